The van der Waals surface area contributed by atoms with Gasteiger partial charge >= 0.3 is 6.03 Å². The molecule has 132 valence electrons. The number of pyridine rings is 1. The van der Waals surface area contributed by atoms with Gasteiger partial charge in [0.05, 0.1) is 17.9 Å². The second-order valence-electron chi connectivity index (χ2n) is 6.49. The topological polar surface area (TPSA) is 51.7 Å². The number of benzene rings is 1. The van der Waals surface area contributed by atoms with Crippen molar-refractivity contribution >= 4 is 17.4 Å². The molecule has 0 bridgehead atoms. The summed E-state index contributed by atoms with van der Waals surface area (Å²) in [6.07, 6.45) is 1.76. The normalized spacial score (nSPS) is 13.9. The number of nitrogens with one attached hydrogen (secondary N) is 1. The summed E-state index contributed by atoms with van der Waals surface area (Å²) in [5, 5.41) is 3.02. The number of anilines is 2. The molecule has 0 radical (unpaired) electrons. The van der Waals surface area contributed by atoms with Gasteiger partial charge in [0.1, 0.15) is 0 Å². The second kappa shape index (κ2) is 7.42. The van der Waals surface area contributed by atoms with E-state index >= 15 is 0 Å². The number of amides is 2. The first kappa shape index (κ1) is 17.1. The minimum Gasteiger partial charge on any atom is -0.376 e. The van der Waals surface area contributed by atoms with Crippen molar-refractivity contribution in [1.29, 1.82) is 0 Å². The number of carbonyl (C=O) groups is 1. The molecule has 3 rings (SSSR count). The number of carbonyl (C=O) groups excluding carboxylic acids is 1. The van der Waals surface area contributed by atoms with Gasteiger partial charge in [-0.05, 0) is 23.8 Å². The van der Waals surface area contributed by atoms with Gasteiger partial charge in [-0.3, -0.25) is 4.98 Å². The van der Waals surface area contributed by atoms with Crippen LogP contribution in [0.15, 0.2) is 42.6 Å². The fourth-order valence-electron chi connectivity index (χ4n) is 3.11. The Kier molecular flexibility index (Phi) is 5.07. The van der Waals surface area contributed by atoms with Crippen LogP contribution in [0.2, 0.25) is 0 Å². The van der Waals surface area contributed by atoms with Gasteiger partial charge in [-0.1, -0.05) is 18.2 Å². The Balaban J connectivity index is 1.68. The minimum atomic E-state index is -0.0551. The lowest BCUT2D eigenvalue weighted by Gasteiger charge is -2.22. The largest absolute Gasteiger partial charge is 0.376 e. The van der Waals surface area contributed by atoms with Gasteiger partial charge in [0, 0.05) is 52.7 Å². The third-order valence-electron chi connectivity index (χ3n) is 4.51. The smallest absolute Gasteiger partial charge is 0.318 e. The molecule has 0 unspecified atom stereocenters. The Labute approximate surface area is 149 Å². The molecule has 0 fully saturated rings. The molecule has 1 aromatic heterocycles. The van der Waals surface area contributed by atoms with E-state index in [4.69, 9.17) is 0 Å². The van der Waals surface area contributed by atoms with Gasteiger partial charge in [0.15, 0.2) is 0 Å². The first-order valence-corrected chi connectivity index (χ1v) is 8.49. The highest BCUT2D eigenvalue weighted by atomic mass is 16.2. The van der Waals surface area contributed by atoms with E-state index in [-0.39, 0.29) is 6.03 Å². The van der Waals surface area contributed by atoms with Crippen LogP contribution in [0.1, 0.15) is 11.3 Å². The van der Waals surface area contributed by atoms with Crippen LogP contribution in [-0.4, -0.2) is 50.1 Å². The maximum atomic E-state index is 12.7. The standard InChI is InChI=1S/C19H25N5O/c1-22(2)18-9-6-10-20-16(18)13-21-19(25)24-12-11-23(3)17-8-5-4-7-15(17)14-24/h4-10H,11-14H2,1-3H3,(H,21,25). The van der Waals surface area contributed by atoms with Gasteiger partial charge in [0.25, 0.3) is 0 Å². The van der Waals surface area contributed by atoms with E-state index in [1.807, 2.05) is 48.2 Å². The predicted octanol–water partition coefficient (Wildman–Crippen LogP) is 2.31. The highest BCUT2D eigenvalue weighted by Gasteiger charge is 2.21. The van der Waals surface area contributed by atoms with E-state index < -0.39 is 0 Å². The lowest BCUT2D eigenvalue weighted by Crippen LogP contribution is -2.41. The van der Waals surface area contributed by atoms with Gasteiger partial charge in [-0.15, -0.1) is 0 Å². The SMILES string of the molecule is CN(C)c1cccnc1CNC(=O)N1CCN(C)c2ccccc2C1. The molecule has 0 spiro atoms. The lowest BCUT2D eigenvalue weighted by molar-refractivity contribution is 0.197. The summed E-state index contributed by atoms with van der Waals surface area (Å²) >= 11 is 0. The van der Waals surface area contributed by atoms with Crippen LogP contribution in [0.25, 0.3) is 0 Å². The second-order valence-corrected chi connectivity index (χ2v) is 6.49. The van der Waals surface area contributed by atoms with Crippen LogP contribution in [0.3, 0.4) is 0 Å². The molecule has 1 N–H and O–H groups in total. The van der Waals surface area contributed by atoms with Crippen molar-refractivity contribution in [3.63, 3.8) is 0 Å². The van der Waals surface area contributed by atoms with Crippen molar-refractivity contribution in [2.75, 3.05) is 44.0 Å². The lowest BCUT2D eigenvalue weighted by atomic mass is 10.1. The van der Waals surface area contributed by atoms with Crippen LogP contribution in [0, 0.1) is 0 Å². The van der Waals surface area contributed by atoms with E-state index in [2.05, 4.69) is 34.4 Å². The number of rotatable bonds is 3. The highest BCUT2D eigenvalue weighted by Crippen LogP contribution is 2.23. The Morgan fingerprint density at radius 1 is 1.20 bits per heavy atom. The highest BCUT2D eigenvalue weighted by molar-refractivity contribution is 5.75. The Morgan fingerprint density at radius 2 is 2.00 bits per heavy atom. The van der Waals surface area contributed by atoms with Crippen LogP contribution in [0.5, 0.6) is 0 Å². The number of likely N-dealkylation sites (N-methyl/N-ethyl adjacent to an activating group) is 1. The first-order chi connectivity index (χ1) is 12.1. The van der Waals surface area contributed by atoms with E-state index in [1.165, 1.54) is 11.3 Å². The number of urea groups is 1. The molecule has 6 heteroatoms. The molecule has 2 aromatic rings. The molecule has 0 aliphatic carbocycles. The molecule has 0 saturated carbocycles. The van der Waals surface area contributed by atoms with Gasteiger partial charge in [-0.2, -0.15) is 0 Å². The maximum Gasteiger partial charge on any atom is 0.318 e. The van der Waals surface area contributed by atoms with Crippen molar-refractivity contribution in [2.45, 2.75) is 13.1 Å². The summed E-state index contributed by atoms with van der Waals surface area (Å²) in [7, 11) is 6.02. The van der Waals surface area contributed by atoms with Crippen LogP contribution < -0.4 is 15.1 Å². The van der Waals surface area contributed by atoms with Crippen molar-refractivity contribution in [2.24, 2.45) is 0 Å². The predicted molar refractivity (Wildman–Crippen MR) is 101 cm³/mol. The maximum absolute atomic E-state index is 12.7. The number of para-hydroxylation sites is 1. The Hall–Kier alpha value is -2.76. The zero-order valence-electron chi connectivity index (χ0n) is 15.1. The molecule has 25 heavy (non-hydrogen) atoms. The van der Waals surface area contributed by atoms with Gasteiger partial charge < -0.3 is 20.0 Å². The van der Waals surface area contributed by atoms with Crippen molar-refractivity contribution < 1.29 is 4.79 Å². The summed E-state index contributed by atoms with van der Waals surface area (Å²) in [4.78, 5) is 23.1. The summed E-state index contributed by atoms with van der Waals surface area (Å²) in [5.74, 6) is 0. The molecule has 2 heterocycles. The van der Waals surface area contributed by atoms with Crippen molar-refractivity contribution in [3.05, 3.63) is 53.9 Å². The summed E-state index contributed by atoms with van der Waals surface area (Å²) < 4.78 is 0. The summed E-state index contributed by atoms with van der Waals surface area (Å²) in [6.45, 7) is 2.55. The average molecular weight is 339 g/mol. The molecule has 0 atom stereocenters. The molecule has 1 aliphatic heterocycles. The fourth-order valence-corrected chi connectivity index (χ4v) is 3.11. The first-order valence-electron chi connectivity index (χ1n) is 8.49. The third kappa shape index (κ3) is 3.84. The number of hydrogen-bond acceptors (Lipinski definition) is 4. The average Bonchev–Trinajstić information content (AvgIpc) is 2.79. The van der Waals surface area contributed by atoms with E-state index in [0.29, 0.717) is 19.6 Å². The van der Waals surface area contributed by atoms with Crippen LogP contribution in [0.4, 0.5) is 16.2 Å². The summed E-state index contributed by atoms with van der Waals surface area (Å²) in [5.41, 5.74) is 4.25. The van der Waals surface area contributed by atoms with Crippen molar-refractivity contribution in [3.8, 4) is 0 Å². The van der Waals surface area contributed by atoms with Crippen molar-refractivity contribution in [1.82, 2.24) is 15.2 Å². The number of nitrogens with zero attached hydrogens (tertiary/aromatic N) is 4. The number of fused-ring (bicyclic) bond motifs is 1. The Bertz CT molecular complexity index is 746. The number of hydrogen-bond donors (Lipinski definition) is 1. The quantitative estimate of drug-likeness (QED) is 0.932. The van der Waals surface area contributed by atoms with Crippen LogP contribution >= 0.6 is 0 Å². The molecule has 0 saturated heterocycles. The number of aromatic nitrogens is 1. The van der Waals surface area contributed by atoms with Crippen LogP contribution in [-0.2, 0) is 13.1 Å². The molecule has 1 aliphatic rings. The monoisotopic (exact) mass is 339 g/mol. The van der Waals surface area contributed by atoms with Gasteiger partial charge in [0.2, 0.25) is 0 Å². The third-order valence-corrected chi connectivity index (χ3v) is 4.51. The molecular weight excluding hydrogens is 314 g/mol. The molecule has 6 nitrogen and oxygen atoms in total. The molecule has 2 amide bonds. The Morgan fingerprint density at radius 3 is 2.80 bits per heavy atom. The summed E-state index contributed by atoms with van der Waals surface area (Å²) in [6, 6.07) is 12.1. The molecular formula is C19H25N5O. The zero-order chi connectivity index (χ0) is 17.8. The fraction of sp³-hybridized carbons (Fsp3) is 0.368. The van der Waals surface area contributed by atoms with Gasteiger partial charge in [-0.25, -0.2) is 4.79 Å². The molecule has 1 aromatic carbocycles. The minimum absolute atomic E-state index is 0.0551. The zero-order valence-corrected chi connectivity index (χ0v) is 15.1. The van der Waals surface area contributed by atoms with E-state index in [9.17, 15) is 4.79 Å². The van der Waals surface area contributed by atoms with E-state index in [1.54, 1.807) is 6.20 Å². The van der Waals surface area contributed by atoms with E-state index in [0.717, 1.165) is 17.9 Å².